The van der Waals surface area contributed by atoms with Crippen LogP contribution in [-0.4, -0.2) is 46.1 Å². The van der Waals surface area contributed by atoms with Gasteiger partial charge in [-0.1, -0.05) is 6.92 Å². The van der Waals surface area contributed by atoms with Crippen LogP contribution in [0.25, 0.3) is 0 Å². The first-order chi connectivity index (χ1) is 11.3. The zero-order valence-electron chi connectivity index (χ0n) is 13.2. The van der Waals surface area contributed by atoms with Crippen LogP contribution in [0.5, 0.6) is 0 Å². The Kier molecular flexibility index (Phi) is 7.33. The fourth-order valence-corrected chi connectivity index (χ4v) is 2.62. The number of imide groups is 1. The van der Waals surface area contributed by atoms with E-state index in [9.17, 15) is 22.8 Å². The van der Waals surface area contributed by atoms with E-state index < -0.39 is 34.6 Å². The number of hydrogen-bond acceptors (Lipinski definition) is 7. The summed E-state index contributed by atoms with van der Waals surface area (Å²) in [6, 6.07) is 5.01. The molecular formula is C14H18N2O7S. The van der Waals surface area contributed by atoms with Crippen molar-refractivity contribution in [3.63, 3.8) is 0 Å². The number of esters is 1. The normalized spacial score (nSPS) is 10.8. The fourth-order valence-electron chi connectivity index (χ4n) is 1.58. The standard InChI is InChI=1S/C14H18N2O7S/c1-3-15-24(20,21)11-7-5-10(6-8-11)13(18)23-9-12(17)16-14(19)22-4-2/h5-8,15H,3-4,9H2,1-2H3,(H,16,17,19). The highest BCUT2D eigenvalue weighted by Crippen LogP contribution is 2.11. The second kappa shape index (κ2) is 8.99. The molecule has 1 aromatic rings. The van der Waals surface area contributed by atoms with Gasteiger partial charge >= 0.3 is 12.1 Å². The number of benzene rings is 1. The molecule has 0 aliphatic heterocycles. The maximum Gasteiger partial charge on any atom is 0.413 e. The third-order valence-corrected chi connectivity index (χ3v) is 4.15. The first kappa shape index (κ1) is 19.6. The van der Waals surface area contributed by atoms with E-state index in [4.69, 9.17) is 4.74 Å². The average molecular weight is 358 g/mol. The van der Waals surface area contributed by atoms with Crippen LogP contribution < -0.4 is 10.0 Å². The van der Waals surface area contributed by atoms with Gasteiger partial charge in [0.05, 0.1) is 17.1 Å². The molecule has 0 radical (unpaired) electrons. The molecule has 10 heteroatoms. The summed E-state index contributed by atoms with van der Waals surface area (Å²) in [5.74, 6) is -1.67. The van der Waals surface area contributed by atoms with Gasteiger partial charge in [-0.3, -0.25) is 10.1 Å². The van der Waals surface area contributed by atoms with Crippen LogP contribution >= 0.6 is 0 Å². The first-order valence-electron chi connectivity index (χ1n) is 7.03. The SMILES string of the molecule is CCNS(=O)(=O)c1ccc(C(=O)OCC(=O)NC(=O)OCC)cc1. The Morgan fingerprint density at radius 1 is 1.04 bits per heavy atom. The van der Waals surface area contributed by atoms with E-state index in [0.29, 0.717) is 0 Å². The molecule has 24 heavy (non-hydrogen) atoms. The Morgan fingerprint density at radius 2 is 1.67 bits per heavy atom. The van der Waals surface area contributed by atoms with Gasteiger partial charge < -0.3 is 9.47 Å². The van der Waals surface area contributed by atoms with Crippen molar-refractivity contribution in [2.75, 3.05) is 19.8 Å². The molecule has 0 fully saturated rings. The van der Waals surface area contributed by atoms with Crippen molar-refractivity contribution < 1.29 is 32.3 Å². The third-order valence-electron chi connectivity index (χ3n) is 2.59. The van der Waals surface area contributed by atoms with Crippen molar-refractivity contribution in [1.29, 1.82) is 0 Å². The van der Waals surface area contributed by atoms with Crippen LogP contribution in [0.15, 0.2) is 29.2 Å². The Labute approximate surface area is 139 Å². The summed E-state index contributed by atoms with van der Waals surface area (Å²) >= 11 is 0. The van der Waals surface area contributed by atoms with E-state index in [1.807, 2.05) is 5.32 Å². The molecule has 0 unspecified atom stereocenters. The highest BCUT2D eigenvalue weighted by molar-refractivity contribution is 7.89. The van der Waals surface area contributed by atoms with Gasteiger partial charge in [-0.15, -0.1) is 0 Å². The Balaban J connectivity index is 2.60. The molecule has 0 bridgehead atoms. The number of carbonyl (C=O) groups is 3. The van der Waals surface area contributed by atoms with Crippen LogP contribution in [0.3, 0.4) is 0 Å². The van der Waals surface area contributed by atoms with Crippen molar-refractivity contribution in [1.82, 2.24) is 10.0 Å². The molecule has 9 nitrogen and oxygen atoms in total. The van der Waals surface area contributed by atoms with E-state index in [2.05, 4.69) is 9.46 Å². The maximum absolute atomic E-state index is 11.8. The summed E-state index contributed by atoms with van der Waals surface area (Å²) in [5.41, 5.74) is 0.0642. The molecule has 132 valence electrons. The number of rotatable bonds is 7. The zero-order chi connectivity index (χ0) is 18.2. The van der Waals surface area contributed by atoms with E-state index in [1.165, 1.54) is 24.3 Å². The predicted octanol–water partition coefficient (Wildman–Crippen LogP) is 0.414. The van der Waals surface area contributed by atoms with Gasteiger partial charge in [0.25, 0.3) is 5.91 Å². The minimum Gasteiger partial charge on any atom is -0.452 e. The molecule has 0 heterocycles. The van der Waals surface area contributed by atoms with Gasteiger partial charge in [-0.05, 0) is 31.2 Å². The smallest absolute Gasteiger partial charge is 0.413 e. The van der Waals surface area contributed by atoms with Crippen LogP contribution in [-0.2, 0) is 24.3 Å². The molecular weight excluding hydrogens is 340 g/mol. The number of amides is 2. The minimum atomic E-state index is -3.62. The Morgan fingerprint density at radius 3 is 2.21 bits per heavy atom. The van der Waals surface area contributed by atoms with E-state index in [1.54, 1.807) is 13.8 Å². The van der Waals surface area contributed by atoms with Crippen LogP contribution in [0.1, 0.15) is 24.2 Å². The zero-order valence-corrected chi connectivity index (χ0v) is 14.0. The number of nitrogens with one attached hydrogen (secondary N) is 2. The first-order valence-corrected chi connectivity index (χ1v) is 8.52. The van der Waals surface area contributed by atoms with Crippen LogP contribution in [0, 0.1) is 0 Å². The second-order valence-electron chi connectivity index (χ2n) is 4.37. The van der Waals surface area contributed by atoms with E-state index >= 15 is 0 Å². The van der Waals surface area contributed by atoms with Gasteiger partial charge in [0.1, 0.15) is 0 Å². The molecule has 0 spiro atoms. The second-order valence-corrected chi connectivity index (χ2v) is 6.14. The molecule has 1 aromatic carbocycles. The van der Waals surface area contributed by atoms with Crippen LogP contribution in [0.2, 0.25) is 0 Å². The highest BCUT2D eigenvalue weighted by Gasteiger charge is 2.16. The lowest BCUT2D eigenvalue weighted by Crippen LogP contribution is -2.34. The van der Waals surface area contributed by atoms with Gasteiger partial charge in [-0.2, -0.15) is 0 Å². The van der Waals surface area contributed by atoms with Gasteiger partial charge in [-0.25, -0.2) is 22.7 Å². The lowest BCUT2D eigenvalue weighted by Gasteiger charge is -2.07. The average Bonchev–Trinajstić information content (AvgIpc) is 2.53. The summed E-state index contributed by atoms with van der Waals surface area (Å²) in [7, 11) is -3.62. The minimum absolute atomic E-state index is 0.000883. The van der Waals surface area contributed by atoms with E-state index in [0.717, 1.165) is 0 Å². The summed E-state index contributed by atoms with van der Waals surface area (Å²) < 4.78 is 35.0. The van der Waals surface area contributed by atoms with Crippen molar-refractivity contribution >= 4 is 28.0 Å². The van der Waals surface area contributed by atoms with Gasteiger partial charge in [0, 0.05) is 6.54 Å². The maximum atomic E-state index is 11.8. The lowest BCUT2D eigenvalue weighted by molar-refractivity contribution is -0.123. The fraction of sp³-hybridized carbons (Fsp3) is 0.357. The van der Waals surface area contributed by atoms with Crippen molar-refractivity contribution in [3.8, 4) is 0 Å². The molecule has 2 N–H and O–H groups in total. The molecule has 1 rings (SSSR count). The van der Waals surface area contributed by atoms with Crippen molar-refractivity contribution in [3.05, 3.63) is 29.8 Å². The number of alkyl carbamates (subject to hydrolysis) is 1. The Hall–Kier alpha value is -2.46. The van der Waals surface area contributed by atoms with E-state index in [-0.39, 0.29) is 23.6 Å². The topological polar surface area (TPSA) is 128 Å². The predicted molar refractivity (Wildman–Crippen MR) is 82.8 cm³/mol. The molecule has 0 aromatic heterocycles. The quantitative estimate of drug-likeness (QED) is 0.676. The summed E-state index contributed by atoms with van der Waals surface area (Å²) in [5, 5.41) is 1.87. The number of hydrogen-bond donors (Lipinski definition) is 2. The third kappa shape index (κ3) is 5.97. The van der Waals surface area contributed by atoms with Gasteiger partial charge in [0.15, 0.2) is 6.61 Å². The number of sulfonamides is 1. The highest BCUT2D eigenvalue weighted by atomic mass is 32.2. The summed E-state index contributed by atoms with van der Waals surface area (Å²) in [4.78, 5) is 34.1. The van der Waals surface area contributed by atoms with Crippen LogP contribution in [0.4, 0.5) is 4.79 Å². The van der Waals surface area contributed by atoms with Gasteiger partial charge in [0.2, 0.25) is 10.0 Å². The van der Waals surface area contributed by atoms with Crippen molar-refractivity contribution in [2.45, 2.75) is 18.7 Å². The molecule has 0 aliphatic rings. The molecule has 0 aliphatic carbocycles. The largest absolute Gasteiger partial charge is 0.452 e. The Bertz CT molecular complexity index is 698. The number of ether oxygens (including phenoxy) is 2. The summed E-state index contributed by atoms with van der Waals surface area (Å²) in [6.07, 6.45) is -0.934. The summed E-state index contributed by atoms with van der Waals surface area (Å²) in [6.45, 7) is 2.88. The molecule has 0 saturated carbocycles. The number of carbonyl (C=O) groups excluding carboxylic acids is 3. The van der Waals surface area contributed by atoms with Crippen molar-refractivity contribution in [2.24, 2.45) is 0 Å². The molecule has 0 atom stereocenters. The molecule has 2 amide bonds. The lowest BCUT2D eigenvalue weighted by atomic mass is 10.2. The monoisotopic (exact) mass is 358 g/mol. The molecule has 0 saturated heterocycles.